The van der Waals surface area contributed by atoms with E-state index in [-0.39, 0.29) is 9.72 Å². The molecule has 10 heavy (non-hydrogen) atoms. The Bertz CT molecular complexity index is 296. The van der Waals surface area contributed by atoms with E-state index in [1.807, 2.05) is 6.07 Å². The molecule has 2 nitrogen and oxygen atoms in total. The molecule has 0 aliphatic carbocycles. The quantitative estimate of drug-likeness (QED) is 0.557. The fraction of sp³-hybridized carbons (Fsp3) is 0.167. The van der Waals surface area contributed by atoms with Gasteiger partial charge in [0.2, 0.25) is 0 Å². The van der Waals surface area contributed by atoms with Gasteiger partial charge in [0.15, 0.2) is 5.82 Å². The lowest BCUT2D eigenvalue weighted by molar-refractivity contribution is 1.22. The highest BCUT2D eigenvalue weighted by Crippen LogP contribution is 2.37. The summed E-state index contributed by atoms with van der Waals surface area (Å²) in [6, 6.07) is 4.01. The monoisotopic (exact) mass is 170 g/mol. The molecule has 1 atom stereocenters. The van der Waals surface area contributed by atoms with Gasteiger partial charge in [-0.2, -0.15) is 4.36 Å². The van der Waals surface area contributed by atoms with E-state index in [4.69, 9.17) is 0 Å². The van der Waals surface area contributed by atoms with Gasteiger partial charge in [-0.1, -0.05) is 0 Å². The van der Waals surface area contributed by atoms with E-state index in [9.17, 15) is 0 Å². The third kappa shape index (κ3) is 0.973. The van der Waals surface area contributed by atoms with Gasteiger partial charge in [-0.25, -0.2) is 4.98 Å². The van der Waals surface area contributed by atoms with Crippen LogP contribution in [0.15, 0.2) is 27.6 Å². The van der Waals surface area contributed by atoms with Crippen LogP contribution in [-0.4, -0.2) is 11.2 Å². The molecule has 1 aliphatic heterocycles. The minimum atomic E-state index is 0.110. The fourth-order valence-electron chi connectivity index (χ4n) is 0.786. The van der Waals surface area contributed by atoms with Crippen LogP contribution < -0.4 is 0 Å². The molecule has 2 rings (SSSR count). The van der Waals surface area contributed by atoms with Gasteiger partial charge >= 0.3 is 0 Å². The molecule has 4 heteroatoms. The Morgan fingerprint density at radius 3 is 3.30 bits per heavy atom. The van der Waals surface area contributed by atoms with Crippen molar-refractivity contribution in [3.63, 3.8) is 0 Å². The molecular formula is C6H6N2S2. The maximum absolute atomic E-state index is 4.33. The van der Waals surface area contributed by atoms with Crippen LogP contribution in [0.4, 0.5) is 5.82 Å². The number of hydrogen-bond donors (Lipinski definition) is 0. The highest BCUT2D eigenvalue weighted by Gasteiger charge is 2.10. The van der Waals surface area contributed by atoms with Crippen molar-refractivity contribution in [3.8, 4) is 0 Å². The SMILES string of the molecule is CS1=Nc2ncccc2S1. The number of nitrogens with zero attached hydrogens (tertiary/aromatic N) is 2. The predicted octanol–water partition coefficient (Wildman–Crippen LogP) is 2.17. The van der Waals surface area contributed by atoms with Crippen LogP contribution >= 0.6 is 10.8 Å². The van der Waals surface area contributed by atoms with Crippen LogP contribution in [0, 0.1) is 0 Å². The molecule has 0 bridgehead atoms. The van der Waals surface area contributed by atoms with Crippen molar-refractivity contribution in [2.75, 3.05) is 6.26 Å². The van der Waals surface area contributed by atoms with Gasteiger partial charge in [0.05, 0.1) is 4.90 Å². The van der Waals surface area contributed by atoms with E-state index >= 15 is 0 Å². The predicted molar refractivity (Wildman–Crippen MR) is 45.5 cm³/mol. The molecule has 0 amide bonds. The normalized spacial score (nSPS) is 21.9. The van der Waals surface area contributed by atoms with Crippen LogP contribution in [0.2, 0.25) is 0 Å². The zero-order valence-electron chi connectivity index (χ0n) is 5.44. The van der Waals surface area contributed by atoms with Crippen molar-refractivity contribution in [3.05, 3.63) is 18.3 Å². The molecule has 0 N–H and O–H groups in total. The summed E-state index contributed by atoms with van der Waals surface area (Å²) in [6.45, 7) is 0. The Kier molecular flexibility index (Phi) is 1.50. The molecule has 52 valence electrons. The number of pyridine rings is 1. The van der Waals surface area contributed by atoms with E-state index in [2.05, 4.69) is 21.7 Å². The Morgan fingerprint density at radius 1 is 1.60 bits per heavy atom. The second-order valence-electron chi connectivity index (χ2n) is 1.92. The topological polar surface area (TPSA) is 25.2 Å². The molecule has 1 aromatic rings. The van der Waals surface area contributed by atoms with E-state index in [1.54, 1.807) is 17.0 Å². The average molecular weight is 170 g/mol. The zero-order chi connectivity index (χ0) is 6.97. The molecule has 1 aliphatic rings. The van der Waals surface area contributed by atoms with Crippen LogP contribution in [0.5, 0.6) is 0 Å². The molecule has 0 radical (unpaired) electrons. The molecule has 1 unspecified atom stereocenters. The van der Waals surface area contributed by atoms with Gasteiger partial charge in [0.25, 0.3) is 0 Å². The second-order valence-corrected chi connectivity index (χ2v) is 5.51. The minimum absolute atomic E-state index is 0.110. The van der Waals surface area contributed by atoms with Gasteiger partial charge < -0.3 is 0 Å². The Morgan fingerprint density at radius 2 is 2.50 bits per heavy atom. The highest BCUT2D eigenvalue weighted by atomic mass is 33.1. The largest absolute Gasteiger partial charge is 0.236 e. The number of hydrogen-bond acceptors (Lipinski definition) is 3. The minimum Gasteiger partial charge on any atom is -0.236 e. The van der Waals surface area contributed by atoms with Crippen molar-refractivity contribution in [2.45, 2.75) is 4.90 Å². The third-order valence-electron chi connectivity index (χ3n) is 1.18. The summed E-state index contributed by atoms with van der Waals surface area (Å²) in [5.41, 5.74) is 0. The lowest BCUT2D eigenvalue weighted by Crippen LogP contribution is -1.69. The maximum Gasteiger partial charge on any atom is 0.174 e. The molecule has 0 saturated carbocycles. The molecule has 0 aromatic carbocycles. The third-order valence-corrected chi connectivity index (χ3v) is 3.83. The smallest absolute Gasteiger partial charge is 0.174 e. The summed E-state index contributed by atoms with van der Waals surface area (Å²) in [6.07, 6.45) is 3.89. The van der Waals surface area contributed by atoms with E-state index in [1.165, 1.54) is 4.90 Å². The molecule has 0 fully saturated rings. The summed E-state index contributed by atoms with van der Waals surface area (Å²) in [5, 5.41) is 0. The van der Waals surface area contributed by atoms with Crippen LogP contribution in [0.25, 0.3) is 0 Å². The van der Waals surface area contributed by atoms with Crippen molar-refractivity contribution in [1.82, 2.24) is 4.98 Å². The van der Waals surface area contributed by atoms with Crippen LogP contribution in [0.1, 0.15) is 0 Å². The summed E-state index contributed by atoms with van der Waals surface area (Å²) in [5.74, 6) is 0.915. The summed E-state index contributed by atoms with van der Waals surface area (Å²) in [7, 11) is 1.90. The molecule has 2 heterocycles. The first-order valence-corrected chi connectivity index (χ1v) is 5.80. The van der Waals surface area contributed by atoms with E-state index < -0.39 is 0 Å². The standard InChI is InChI=1S/C6H6N2S2/c1-10-8-6-5(9-10)3-2-4-7-6/h2-4H,1H3. The van der Waals surface area contributed by atoms with E-state index in [0.29, 0.717) is 0 Å². The lowest BCUT2D eigenvalue weighted by atomic mass is 10.5. The van der Waals surface area contributed by atoms with Gasteiger partial charge in [-0.05, 0) is 32.6 Å². The van der Waals surface area contributed by atoms with Gasteiger partial charge in [-0.15, -0.1) is 0 Å². The first-order chi connectivity index (χ1) is 4.86. The van der Waals surface area contributed by atoms with Crippen molar-refractivity contribution < 1.29 is 0 Å². The van der Waals surface area contributed by atoms with Crippen molar-refractivity contribution >= 4 is 26.3 Å². The molecule has 0 saturated heterocycles. The lowest BCUT2D eigenvalue weighted by Gasteiger charge is -1.89. The first-order valence-electron chi connectivity index (χ1n) is 2.87. The van der Waals surface area contributed by atoms with Gasteiger partial charge in [0, 0.05) is 12.5 Å². The van der Waals surface area contributed by atoms with E-state index in [0.717, 1.165) is 5.82 Å². The molecular weight excluding hydrogens is 164 g/mol. The summed E-state index contributed by atoms with van der Waals surface area (Å²) >= 11 is 0. The number of aromatic nitrogens is 1. The summed E-state index contributed by atoms with van der Waals surface area (Å²) < 4.78 is 4.33. The first kappa shape index (κ1) is 6.37. The average Bonchev–Trinajstić information content (AvgIpc) is 2.27. The zero-order valence-corrected chi connectivity index (χ0v) is 7.08. The number of fused-ring (bicyclic) bond motifs is 1. The summed E-state index contributed by atoms with van der Waals surface area (Å²) in [4.78, 5) is 5.35. The second kappa shape index (κ2) is 2.36. The van der Waals surface area contributed by atoms with Crippen molar-refractivity contribution in [1.29, 1.82) is 0 Å². The Balaban J connectivity index is 2.54. The highest BCUT2D eigenvalue weighted by molar-refractivity contribution is 8.70. The maximum atomic E-state index is 4.33. The molecule has 1 aromatic heterocycles. The van der Waals surface area contributed by atoms with Crippen molar-refractivity contribution in [2.24, 2.45) is 4.36 Å². The van der Waals surface area contributed by atoms with Crippen LogP contribution in [-0.2, 0) is 9.72 Å². The molecule has 0 spiro atoms. The number of rotatable bonds is 0. The van der Waals surface area contributed by atoms with Gasteiger partial charge in [0.1, 0.15) is 0 Å². The Labute approximate surface area is 65.6 Å². The van der Waals surface area contributed by atoms with Crippen LogP contribution in [0.3, 0.4) is 0 Å². The fourth-order valence-corrected chi connectivity index (χ4v) is 3.33. The Hall–Kier alpha value is -0.350. The van der Waals surface area contributed by atoms with Gasteiger partial charge in [-0.3, -0.25) is 0 Å².